The molecule has 0 saturated heterocycles. The summed E-state index contributed by atoms with van der Waals surface area (Å²) >= 11 is 1.39. The summed E-state index contributed by atoms with van der Waals surface area (Å²) in [5.41, 5.74) is 1.36. The monoisotopic (exact) mass is 363 g/mol. The molecule has 1 amide bonds. The van der Waals surface area contributed by atoms with Crippen LogP contribution in [0.1, 0.15) is 48.6 Å². The maximum Gasteiger partial charge on any atom is 0.260 e. The van der Waals surface area contributed by atoms with E-state index < -0.39 is 5.82 Å². The zero-order valence-corrected chi connectivity index (χ0v) is 15.8. The van der Waals surface area contributed by atoms with E-state index in [9.17, 15) is 9.18 Å². The zero-order chi connectivity index (χ0) is 18.6. The lowest BCUT2D eigenvalue weighted by Gasteiger charge is -2.14. The van der Waals surface area contributed by atoms with E-state index in [0.29, 0.717) is 34.4 Å². The maximum absolute atomic E-state index is 14.0. The van der Waals surface area contributed by atoms with Crippen molar-refractivity contribution in [2.75, 3.05) is 18.2 Å². The van der Waals surface area contributed by atoms with Crippen molar-refractivity contribution in [2.24, 2.45) is 0 Å². The van der Waals surface area contributed by atoms with Crippen molar-refractivity contribution in [1.82, 2.24) is 9.97 Å². The quantitative estimate of drug-likeness (QED) is 0.608. The van der Waals surface area contributed by atoms with Gasteiger partial charge in [-0.1, -0.05) is 13.8 Å². The van der Waals surface area contributed by atoms with Gasteiger partial charge in [-0.05, 0) is 32.2 Å². The second kappa shape index (κ2) is 8.29. The molecule has 1 N–H and O–H groups in total. The van der Waals surface area contributed by atoms with Crippen molar-refractivity contribution in [1.29, 1.82) is 0 Å². The van der Waals surface area contributed by atoms with Crippen molar-refractivity contribution in [3.8, 4) is 5.75 Å². The highest BCUT2D eigenvalue weighted by atomic mass is 32.2. The van der Waals surface area contributed by atoms with Crippen molar-refractivity contribution in [3.63, 3.8) is 0 Å². The van der Waals surface area contributed by atoms with Gasteiger partial charge in [-0.15, -0.1) is 11.8 Å². The number of hydrogen-bond donors (Lipinski definition) is 1. The molecule has 2 aromatic rings. The summed E-state index contributed by atoms with van der Waals surface area (Å²) < 4.78 is 19.1. The molecule has 0 aliphatic rings. The third-order valence-electron chi connectivity index (χ3n) is 3.50. The minimum Gasteiger partial charge on any atom is -0.491 e. The minimum atomic E-state index is -0.520. The van der Waals surface area contributed by atoms with Gasteiger partial charge in [0.05, 0.1) is 17.9 Å². The Kier molecular flexibility index (Phi) is 6.36. The van der Waals surface area contributed by atoms with Crippen molar-refractivity contribution in [2.45, 2.75) is 38.6 Å². The molecule has 0 unspecified atom stereocenters. The van der Waals surface area contributed by atoms with E-state index in [4.69, 9.17) is 4.74 Å². The Morgan fingerprint density at radius 2 is 2.08 bits per heavy atom. The fourth-order valence-electron chi connectivity index (χ4n) is 2.28. The number of anilines is 1. The van der Waals surface area contributed by atoms with Gasteiger partial charge < -0.3 is 10.1 Å². The highest BCUT2D eigenvalue weighted by Crippen LogP contribution is 2.25. The molecule has 0 spiro atoms. The Morgan fingerprint density at radius 3 is 2.64 bits per heavy atom. The number of aromatic nitrogens is 2. The molecule has 7 heteroatoms. The van der Waals surface area contributed by atoms with Crippen LogP contribution in [0.5, 0.6) is 5.75 Å². The number of nitrogens with one attached hydrogen (secondary N) is 1. The van der Waals surface area contributed by atoms with Gasteiger partial charge in [0.15, 0.2) is 11.6 Å². The summed E-state index contributed by atoms with van der Waals surface area (Å²) in [4.78, 5) is 21.5. The maximum atomic E-state index is 14.0. The van der Waals surface area contributed by atoms with E-state index in [1.165, 1.54) is 23.9 Å². The van der Waals surface area contributed by atoms with Crippen LogP contribution in [0.4, 0.5) is 10.1 Å². The van der Waals surface area contributed by atoms with Crippen LogP contribution in [0.3, 0.4) is 0 Å². The molecule has 1 aromatic heterocycles. The minimum absolute atomic E-state index is 0.158. The first-order valence-electron chi connectivity index (χ1n) is 8.03. The number of benzene rings is 1. The van der Waals surface area contributed by atoms with Gasteiger partial charge in [-0.3, -0.25) is 4.79 Å². The molecule has 2 rings (SSSR count). The summed E-state index contributed by atoms with van der Waals surface area (Å²) in [6.07, 6.45) is 1.86. The molecule has 0 radical (unpaired) electrons. The van der Waals surface area contributed by atoms with Gasteiger partial charge in [0, 0.05) is 17.7 Å². The number of rotatable bonds is 6. The van der Waals surface area contributed by atoms with Gasteiger partial charge in [0.2, 0.25) is 0 Å². The van der Waals surface area contributed by atoms with Crippen molar-refractivity contribution in [3.05, 3.63) is 41.1 Å². The number of thioether (sulfide) groups is 1. The van der Waals surface area contributed by atoms with Crippen LogP contribution in [0.25, 0.3) is 0 Å². The lowest BCUT2D eigenvalue weighted by atomic mass is 10.1. The fraction of sp³-hybridized carbons (Fsp3) is 0.389. The smallest absolute Gasteiger partial charge is 0.260 e. The number of nitrogens with zero attached hydrogens (tertiary/aromatic N) is 2. The molecule has 134 valence electrons. The number of halogens is 1. The Bertz CT molecular complexity index is 781. The lowest BCUT2D eigenvalue weighted by Crippen LogP contribution is -2.18. The topological polar surface area (TPSA) is 64.1 Å². The number of ether oxygens (including phenoxy) is 1. The van der Waals surface area contributed by atoms with E-state index in [2.05, 4.69) is 15.3 Å². The number of amides is 1. The van der Waals surface area contributed by atoms with Crippen LogP contribution < -0.4 is 10.1 Å². The van der Waals surface area contributed by atoms with Crippen LogP contribution >= 0.6 is 11.8 Å². The van der Waals surface area contributed by atoms with Crippen LogP contribution in [0.15, 0.2) is 23.2 Å². The third-order valence-corrected chi connectivity index (χ3v) is 4.18. The first kappa shape index (κ1) is 19.2. The first-order valence-corrected chi connectivity index (χ1v) is 9.26. The van der Waals surface area contributed by atoms with Gasteiger partial charge in [-0.2, -0.15) is 0 Å². The third kappa shape index (κ3) is 4.48. The van der Waals surface area contributed by atoms with Crippen LogP contribution in [0.2, 0.25) is 0 Å². The van der Waals surface area contributed by atoms with Gasteiger partial charge in [0.1, 0.15) is 10.9 Å². The fourth-order valence-corrected chi connectivity index (χ4v) is 2.91. The molecular weight excluding hydrogens is 341 g/mol. The Balaban J connectivity index is 2.30. The average molecular weight is 363 g/mol. The molecule has 1 heterocycles. The molecule has 0 bridgehead atoms. The van der Waals surface area contributed by atoms with Crippen molar-refractivity contribution < 1.29 is 13.9 Å². The van der Waals surface area contributed by atoms with Crippen LogP contribution in [0, 0.1) is 12.7 Å². The van der Waals surface area contributed by atoms with Gasteiger partial charge >= 0.3 is 0 Å². The largest absolute Gasteiger partial charge is 0.491 e. The number of carbonyl (C=O) groups excluding carboxylic acids is 1. The second-order valence-corrected chi connectivity index (χ2v) is 6.53. The molecule has 0 atom stereocenters. The second-order valence-electron chi connectivity index (χ2n) is 5.74. The molecule has 5 nitrogen and oxygen atoms in total. The van der Waals surface area contributed by atoms with E-state index in [0.717, 1.165) is 0 Å². The molecule has 0 aliphatic carbocycles. The molecule has 25 heavy (non-hydrogen) atoms. The van der Waals surface area contributed by atoms with E-state index >= 15 is 0 Å². The zero-order valence-electron chi connectivity index (χ0n) is 15.0. The van der Waals surface area contributed by atoms with Crippen molar-refractivity contribution >= 4 is 23.4 Å². The summed E-state index contributed by atoms with van der Waals surface area (Å²) in [6.45, 7) is 7.94. The van der Waals surface area contributed by atoms with Gasteiger partial charge in [-0.25, -0.2) is 14.4 Å². The predicted octanol–water partition coefficient (Wildman–Crippen LogP) is 4.42. The number of aryl methyl sites for hydroxylation is 1. The van der Waals surface area contributed by atoms with Crippen LogP contribution in [-0.4, -0.2) is 28.7 Å². The molecule has 0 aliphatic heterocycles. The molecular formula is C18H22FN3O2S. The lowest BCUT2D eigenvalue weighted by molar-refractivity contribution is 0.102. The predicted molar refractivity (Wildman–Crippen MR) is 98.2 cm³/mol. The summed E-state index contributed by atoms with van der Waals surface area (Å²) in [5, 5.41) is 3.32. The van der Waals surface area contributed by atoms with E-state index in [-0.39, 0.29) is 17.6 Å². The first-order chi connectivity index (χ1) is 11.9. The Hall–Kier alpha value is -2.15. The molecule has 1 aromatic carbocycles. The van der Waals surface area contributed by atoms with Gasteiger partial charge in [0.25, 0.3) is 5.91 Å². The SMILES string of the molecule is CCOc1ccc(NC(=O)c2c(C)nc(C(C)C)nc2SC)cc1F. The van der Waals surface area contributed by atoms with E-state index in [1.54, 1.807) is 19.9 Å². The highest BCUT2D eigenvalue weighted by Gasteiger charge is 2.20. The molecule has 0 fully saturated rings. The Morgan fingerprint density at radius 1 is 1.36 bits per heavy atom. The Labute approximate surface area is 151 Å². The highest BCUT2D eigenvalue weighted by molar-refractivity contribution is 7.98. The number of carbonyl (C=O) groups is 1. The summed E-state index contributed by atoms with van der Waals surface area (Å²) in [7, 11) is 0. The van der Waals surface area contributed by atoms with Crippen LogP contribution in [-0.2, 0) is 0 Å². The summed E-state index contributed by atoms with van der Waals surface area (Å²) in [5.74, 6) is 0.145. The summed E-state index contributed by atoms with van der Waals surface area (Å²) in [6, 6.07) is 4.33. The number of hydrogen-bond acceptors (Lipinski definition) is 5. The van der Waals surface area contributed by atoms with E-state index in [1.807, 2.05) is 20.1 Å². The standard InChI is InChI=1S/C18H22FN3O2S/c1-6-24-14-8-7-12(9-13(14)19)21-17(23)15-11(4)20-16(10(2)3)22-18(15)25-5/h7-10H,6H2,1-5H3,(H,21,23). The molecule has 0 saturated carbocycles. The normalized spacial score (nSPS) is 10.8. The average Bonchev–Trinajstić information content (AvgIpc) is 2.56.